The number of hydrogen-bond donors (Lipinski definition) is 3. The van der Waals surface area contributed by atoms with Crippen LogP contribution in [0.1, 0.15) is 92.9 Å². The largest absolute Gasteiger partial charge is 0.447 e. The van der Waals surface area contributed by atoms with Crippen LogP contribution in [-0.2, 0) is 28.5 Å². The van der Waals surface area contributed by atoms with Crippen LogP contribution in [0.2, 0.25) is 0 Å². The minimum absolute atomic E-state index is 0.0172. The SMILES string of the molecule is CCC(=O)NCCCCCCNC(=O)OC[C@H](NC(=O)OC1CC[C@]2(CO2)C(C2(C)O[C@@H]2CC=C(C)C)C1OC)C(C)C. The lowest BCUT2D eigenvalue weighted by molar-refractivity contribution is -0.120. The number of ether oxygens (including phenoxy) is 5. The maximum absolute atomic E-state index is 13.1. The maximum Gasteiger partial charge on any atom is 0.407 e. The highest BCUT2D eigenvalue weighted by Gasteiger charge is 2.72. The molecule has 11 nitrogen and oxygen atoms in total. The second-order valence-electron chi connectivity index (χ2n) is 13.0. The van der Waals surface area contributed by atoms with Crippen molar-refractivity contribution < 1.29 is 38.1 Å². The van der Waals surface area contributed by atoms with Crippen molar-refractivity contribution in [2.45, 2.75) is 128 Å². The Balaban J connectivity index is 1.42. The lowest BCUT2D eigenvalue weighted by atomic mass is 9.68. The first-order valence-corrected chi connectivity index (χ1v) is 16.1. The molecule has 0 bridgehead atoms. The molecule has 2 heterocycles. The third kappa shape index (κ3) is 10.1. The molecule has 3 fully saturated rings. The van der Waals surface area contributed by atoms with E-state index >= 15 is 0 Å². The van der Waals surface area contributed by atoms with E-state index in [-0.39, 0.29) is 42.2 Å². The van der Waals surface area contributed by atoms with Gasteiger partial charge in [0.05, 0.1) is 24.7 Å². The summed E-state index contributed by atoms with van der Waals surface area (Å²) in [5, 5.41) is 8.52. The summed E-state index contributed by atoms with van der Waals surface area (Å²) in [5.74, 6) is 0.0304. The summed E-state index contributed by atoms with van der Waals surface area (Å²) >= 11 is 0. The standard InChI is InChI=1S/C32H55N3O8/c1-8-26(36)33-17-11-9-10-12-18-34-29(37)40-19-23(22(4)5)35-30(38)42-24-15-16-32(20-41-32)28(27(24)39-7)31(6)25(43-31)14-13-21(2)3/h13,22-25,27-28H,8-12,14-20H2,1-7H3,(H,33,36)(H,34,37)(H,35,38)/t23-,24?,25+,27?,28?,31?,32-/m0/s1. The second kappa shape index (κ2) is 16.1. The van der Waals surface area contributed by atoms with Gasteiger partial charge in [-0.05, 0) is 58.8 Å². The highest BCUT2D eigenvalue weighted by atomic mass is 16.6. The first-order valence-electron chi connectivity index (χ1n) is 16.1. The van der Waals surface area contributed by atoms with Gasteiger partial charge in [0, 0.05) is 26.6 Å². The van der Waals surface area contributed by atoms with Crippen LogP contribution in [0.15, 0.2) is 11.6 Å². The molecule has 0 aromatic rings. The van der Waals surface area contributed by atoms with Gasteiger partial charge >= 0.3 is 12.2 Å². The Bertz CT molecular complexity index is 964. The minimum Gasteiger partial charge on any atom is -0.447 e. The summed E-state index contributed by atoms with van der Waals surface area (Å²) in [7, 11) is 1.65. The van der Waals surface area contributed by atoms with Crippen LogP contribution in [0, 0.1) is 11.8 Å². The van der Waals surface area contributed by atoms with E-state index in [0.29, 0.717) is 32.5 Å². The summed E-state index contributed by atoms with van der Waals surface area (Å²) in [6.07, 6.45) is 6.79. The van der Waals surface area contributed by atoms with Crippen LogP contribution in [0.3, 0.4) is 0 Å². The van der Waals surface area contributed by atoms with Crippen LogP contribution >= 0.6 is 0 Å². The molecule has 4 unspecified atom stereocenters. The molecule has 7 atom stereocenters. The van der Waals surface area contributed by atoms with Crippen molar-refractivity contribution in [2.24, 2.45) is 11.8 Å². The smallest absolute Gasteiger partial charge is 0.407 e. The third-order valence-corrected chi connectivity index (χ3v) is 9.01. The van der Waals surface area contributed by atoms with Crippen molar-refractivity contribution in [3.63, 3.8) is 0 Å². The van der Waals surface area contributed by atoms with E-state index in [0.717, 1.165) is 38.5 Å². The molecule has 1 spiro atoms. The molecular formula is C32H55N3O8. The number of amides is 3. The van der Waals surface area contributed by atoms with Crippen molar-refractivity contribution in [2.75, 3.05) is 33.4 Å². The fraction of sp³-hybridized carbons (Fsp3) is 0.844. The Morgan fingerprint density at radius 3 is 2.30 bits per heavy atom. The predicted molar refractivity (Wildman–Crippen MR) is 163 cm³/mol. The van der Waals surface area contributed by atoms with Gasteiger partial charge in [-0.15, -0.1) is 0 Å². The normalized spacial score (nSPS) is 29.9. The number of unbranched alkanes of at least 4 members (excludes halogenated alkanes) is 3. The van der Waals surface area contributed by atoms with Crippen LogP contribution in [0.25, 0.3) is 0 Å². The number of carbonyl (C=O) groups excluding carboxylic acids is 3. The number of epoxide rings is 2. The number of hydrogen-bond acceptors (Lipinski definition) is 8. The van der Waals surface area contributed by atoms with E-state index in [9.17, 15) is 14.4 Å². The summed E-state index contributed by atoms with van der Waals surface area (Å²) in [4.78, 5) is 36.5. The zero-order chi connectivity index (χ0) is 31.6. The van der Waals surface area contributed by atoms with Crippen LogP contribution in [0.4, 0.5) is 9.59 Å². The summed E-state index contributed by atoms with van der Waals surface area (Å²) in [6, 6.07) is -0.409. The van der Waals surface area contributed by atoms with Gasteiger partial charge in [-0.3, -0.25) is 4.79 Å². The zero-order valence-electron chi connectivity index (χ0n) is 27.3. The van der Waals surface area contributed by atoms with E-state index in [1.165, 1.54) is 5.57 Å². The van der Waals surface area contributed by atoms with Gasteiger partial charge in [0.15, 0.2) is 0 Å². The van der Waals surface area contributed by atoms with Crippen molar-refractivity contribution >= 4 is 18.1 Å². The average molecular weight is 610 g/mol. The maximum atomic E-state index is 13.1. The van der Waals surface area contributed by atoms with Crippen molar-refractivity contribution in [3.8, 4) is 0 Å². The Hall–Kier alpha value is -2.37. The topological polar surface area (TPSA) is 140 Å². The van der Waals surface area contributed by atoms with Gasteiger partial charge in [0.1, 0.15) is 30.0 Å². The van der Waals surface area contributed by atoms with E-state index in [1.54, 1.807) is 7.11 Å². The van der Waals surface area contributed by atoms with Crippen LogP contribution in [-0.4, -0.2) is 87.1 Å². The van der Waals surface area contributed by atoms with E-state index < -0.39 is 29.9 Å². The number of alkyl carbamates (subject to hydrolysis) is 2. The second-order valence-corrected chi connectivity index (χ2v) is 13.0. The summed E-state index contributed by atoms with van der Waals surface area (Å²) in [5.41, 5.74) is 0.554. The molecule has 43 heavy (non-hydrogen) atoms. The average Bonchev–Trinajstić information content (AvgIpc) is 3.88. The predicted octanol–water partition coefficient (Wildman–Crippen LogP) is 4.63. The Kier molecular flexibility index (Phi) is 13.1. The molecule has 3 rings (SSSR count). The van der Waals surface area contributed by atoms with Crippen molar-refractivity contribution in [1.82, 2.24) is 16.0 Å². The molecular weight excluding hydrogens is 554 g/mol. The number of nitrogens with one attached hydrogen (secondary N) is 3. The van der Waals surface area contributed by atoms with Crippen molar-refractivity contribution in [3.05, 3.63) is 11.6 Å². The summed E-state index contributed by atoms with van der Waals surface area (Å²) in [6.45, 7) is 13.9. The molecule has 246 valence electrons. The molecule has 2 saturated heterocycles. The monoisotopic (exact) mass is 609 g/mol. The first-order chi connectivity index (χ1) is 20.5. The first kappa shape index (κ1) is 35.1. The van der Waals surface area contributed by atoms with Crippen molar-refractivity contribution in [1.29, 1.82) is 0 Å². The highest BCUT2D eigenvalue weighted by Crippen LogP contribution is 2.59. The molecule has 0 aromatic carbocycles. The van der Waals surface area contributed by atoms with Crippen LogP contribution in [0.5, 0.6) is 0 Å². The Labute approximate surface area is 257 Å². The molecule has 1 aliphatic carbocycles. The van der Waals surface area contributed by atoms with Gasteiger partial charge < -0.3 is 39.6 Å². The Morgan fingerprint density at radius 1 is 1.05 bits per heavy atom. The summed E-state index contributed by atoms with van der Waals surface area (Å²) < 4.78 is 29.6. The third-order valence-electron chi connectivity index (χ3n) is 9.01. The van der Waals surface area contributed by atoms with Crippen LogP contribution < -0.4 is 16.0 Å². The van der Waals surface area contributed by atoms with Gasteiger partial charge in [-0.1, -0.05) is 45.3 Å². The van der Waals surface area contributed by atoms with Gasteiger partial charge in [-0.2, -0.15) is 0 Å². The molecule has 3 aliphatic rings. The molecule has 1 saturated carbocycles. The molecule has 2 aliphatic heterocycles. The molecule has 0 aromatic heterocycles. The number of methoxy groups -OCH3 is 1. The molecule has 11 heteroatoms. The van der Waals surface area contributed by atoms with E-state index in [2.05, 4.69) is 42.8 Å². The highest BCUT2D eigenvalue weighted by molar-refractivity contribution is 5.75. The van der Waals surface area contributed by atoms with E-state index in [4.69, 9.17) is 23.7 Å². The van der Waals surface area contributed by atoms with E-state index in [1.807, 2.05) is 20.8 Å². The molecule has 0 radical (unpaired) electrons. The number of allylic oxidation sites excluding steroid dienone is 1. The van der Waals surface area contributed by atoms with Gasteiger partial charge in [-0.25, -0.2) is 9.59 Å². The molecule has 3 N–H and O–H groups in total. The minimum atomic E-state index is -0.556. The number of carbonyl (C=O) groups is 3. The number of rotatable bonds is 17. The zero-order valence-corrected chi connectivity index (χ0v) is 27.3. The fourth-order valence-corrected chi connectivity index (χ4v) is 6.16. The molecule has 3 amide bonds. The fourth-order valence-electron chi connectivity index (χ4n) is 6.16. The van der Waals surface area contributed by atoms with Gasteiger partial charge in [0.2, 0.25) is 5.91 Å². The lowest BCUT2D eigenvalue weighted by Crippen LogP contribution is -2.56. The lowest BCUT2D eigenvalue weighted by Gasteiger charge is -2.42. The van der Waals surface area contributed by atoms with Gasteiger partial charge in [0.25, 0.3) is 0 Å². The quantitative estimate of drug-likeness (QED) is 0.123. The Morgan fingerprint density at radius 2 is 1.72 bits per heavy atom.